The first-order valence-corrected chi connectivity index (χ1v) is 7.43. The normalized spacial score (nSPS) is 10.6. The van der Waals surface area contributed by atoms with Crippen LogP contribution in [0.15, 0.2) is 72.8 Å². The highest BCUT2D eigenvalue weighted by atomic mass is 14.1. The van der Waals surface area contributed by atoms with Gasteiger partial charge in [-0.1, -0.05) is 83.9 Å². The highest BCUT2D eigenvalue weighted by Crippen LogP contribution is 2.26. The van der Waals surface area contributed by atoms with Crippen LogP contribution in [0.25, 0.3) is 11.1 Å². The van der Waals surface area contributed by atoms with Gasteiger partial charge in [-0.15, -0.1) is 0 Å². The molecule has 0 saturated heterocycles. The van der Waals surface area contributed by atoms with Gasteiger partial charge in [0.05, 0.1) is 0 Å². The Kier molecular flexibility index (Phi) is 3.87. The van der Waals surface area contributed by atoms with Gasteiger partial charge in [-0.25, -0.2) is 0 Å². The van der Waals surface area contributed by atoms with E-state index in [1.807, 2.05) is 0 Å². The summed E-state index contributed by atoms with van der Waals surface area (Å²) in [6, 6.07) is 26.3. The Morgan fingerprint density at radius 2 is 1.19 bits per heavy atom. The molecule has 0 fully saturated rings. The summed E-state index contributed by atoms with van der Waals surface area (Å²) in [6.45, 7) is 4.26. The quantitative estimate of drug-likeness (QED) is 0.585. The molecule has 3 aromatic carbocycles. The first-order valence-electron chi connectivity index (χ1n) is 7.43. The van der Waals surface area contributed by atoms with E-state index in [4.69, 9.17) is 0 Å². The molecule has 0 aliphatic heterocycles. The lowest BCUT2D eigenvalue weighted by molar-refractivity contribution is 1.19. The number of rotatable bonds is 3. The predicted molar refractivity (Wildman–Crippen MR) is 90.6 cm³/mol. The maximum atomic E-state index is 2.23. The van der Waals surface area contributed by atoms with Gasteiger partial charge in [0.2, 0.25) is 0 Å². The zero-order chi connectivity index (χ0) is 14.7. The van der Waals surface area contributed by atoms with Crippen LogP contribution in [0.4, 0.5) is 0 Å². The maximum Gasteiger partial charge on any atom is -0.00196 e. The van der Waals surface area contributed by atoms with Crippen molar-refractivity contribution in [1.29, 1.82) is 0 Å². The minimum absolute atomic E-state index is 0.977. The first kappa shape index (κ1) is 13.6. The molecule has 0 bridgehead atoms. The highest BCUT2D eigenvalue weighted by molar-refractivity contribution is 5.68. The number of benzene rings is 3. The fraction of sp³-hybridized carbons (Fsp3) is 0.143. The van der Waals surface area contributed by atoms with E-state index >= 15 is 0 Å². The molecule has 0 saturated carbocycles. The van der Waals surface area contributed by atoms with Crippen LogP contribution in [0.1, 0.15) is 22.3 Å². The topological polar surface area (TPSA) is 0 Å². The monoisotopic (exact) mass is 272 g/mol. The van der Waals surface area contributed by atoms with Crippen molar-refractivity contribution in [2.75, 3.05) is 0 Å². The van der Waals surface area contributed by atoms with Crippen molar-refractivity contribution in [3.8, 4) is 11.1 Å². The lowest BCUT2D eigenvalue weighted by atomic mass is 9.94. The average Bonchev–Trinajstić information content (AvgIpc) is 2.51. The third-order valence-electron chi connectivity index (χ3n) is 3.90. The van der Waals surface area contributed by atoms with E-state index in [0.717, 1.165) is 6.42 Å². The zero-order valence-corrected chi connectivity index (χ0v) is 12.6. The zero-order valence-electron chi connectivity index (χ0n) is 12.6. The van der Waals surface area contributed by atoms with Crippen LogP contribution in [0.3, 0.4) is 0 Å². The van der Waals surface area contributed by atoms with Gasteiger partial charge in [-0.2, -0.15) is 0 Å². The second-order valence-corrected chi connectivity index (χ2v) is 5.69. The molecule has 0 N–H and O–H groups in total. The molecule has 104 valence electrons. The van der Waals surface area contributed by atoms with Crippen molar-refractivity contribution in [3.05, 3.63) is 95.1 Å². The van der Waals surface area contributed by atoms with Gasteiger partial charge in [0.1, 0.15) is 0 Å². The minimum atomic E-state index is 0.977. The van der Waals surface area contributed by atoms with Crippen LogP contribution >= 0.6 is 0 Å². The lowest BCUT2D eigenvalue weighted by Gasteiger charge is -2.10. The van der Waals surface area contributed by atoms with E-state index in [2.05, 4.69) is 86.6 Å². The summed E-state index contributed by atoms with van der Waals surface area (Å²) in [5, 5.41) is 0. The molecule has 0 radical (unpaired) electrons. The summed E-state index contributed by atoms with van der Waals surface area (Å²) < 4.78 is 0. The van der Waals surface area contributed by atoms with Crippen molar-refractivity contribution in [3.63, 3.8) is 0 Å². The summed E-state index contributed by atoms with van der Waals surface area (Å²) in [7, 11) is 0. The highest BCUT2D eigenvalue weighted by Gasteiger charge is 2.05. The Morgan fingerprint density at radius 1 is 0.619 bits per heavy atom. The van der Waals surface area contributed by atoms with Crippen LogP contribution in [0.5, 0.6) is 0 Å². The molecule has 0 aliphatic carbocycles. The van der Waals surface area contributed by atoms with E-state index in [1.165, 1.54) is 33.4 Å². The summed E-state index contributed by atoms with van der Waals surface area (Å²) in [4.78, 5) is 0. The van der Waals surface area contributed by atoms with Crippen LogP contribution < -0.4 is 0 Å². The number of aryl methyl sites for hydroxylation is 2. The van der Waals surface area contributed by atoms with Gasteiger partial charge in [0.15, 0.2) is 0 Å². The van der Waals surface area contributed by atoms with Crippen molar-refractivity contribution in [2.24, 2.45) is 0 Å². The molecule has 0 heteroatoms. The van der Waals surface area contributed by atoms with Crippen molar-refractivity contribution in [1.82, 2.24) is 0 Å². The Bertz CT molecular complexity index is 719. The Hall–Kier alpha value is -2.34. The van der Waals surface area contributed by atoms with Crippen LogP contribution in [0.2, 0.25) is 0 Å². The van der Waals surface area contributed by atoms with Gasteiger partial charge in [-0.05, 0) is 42.5 Å². The first-order chi connectivity index (χ1) is 10.2. The number of hydrogen-bond acceptors (Lipinski definition) is 0. The molecule has 0 aromatic heterocycles. The van der Waals surface area contributed by atoms with E-state index in [-0.39, 0.29) is 0 Å². The molecule has 21 heavy (non-hydrogen) atoms. The van der Waals surface area contributed by atoms with E-state index < -0.39 is 0 Å². The van der Waals surface area contributed by atoms with Gasteiger partial charge in [0.25, 0.3) is 0 Å². The second-order valence-electron chi connectivity index (χ2n) is 5.69. The third kappa shape index (κ3) is 3.22. The van der Waals surface area contributed by atoms with Crippen molar-refractivity contribution < 1.29 is 0 Å². The molecular weight excluding hydrogens is 252 g/mol. The summed E-state index contributed by atoms with van der Waals surface area (Å²) >= 11 is 0. The molecule has 0 aliphatic rings. The molecule has 0 heterocycles. The summed E-state index contributed by atoms with van der Waals surface area (Å²) in [5.41, 5.74) is 7.98. The van der Waals surface area contributed by atoms with Crippen LogP contribution in [-0.2, 0) is 6.42 Å². The molecular formula is C21H20. The van der Waals surface area contributed by atoms with Gasteiger partial charge >= 0.3 is 0 Å². The van der Waals surface area contributed by atoms with Crippen LogP contribution in [-0.4, -0.2) is 0 Å². The second kappa shape index (κ2) is 5.97. The Morgan fingerprint density at radius 3 is 1.86 bits per heavy atom. The van der Waals surface area contributed by atoms with Crippen molar-refractivity contribution in [2.45, 2.75) is 20.3 Å². The van der Waals surface area contributed by atoms with Crippen molar-refractivity contribution >= 4 is 0 Å². The lowest BCUT2D eigenvalue weighted by Crippen LogP contribution is -1.92. The summed E-state index contributed by atoms with van der Waals surface area (Å²) in [5.74, 6) is 0. The molecule has 3 aromatic rings. The smallest absolute Gasteiger partial charge is 0.00196 e. The fourth-order valence-electron chi connectivity index (χ4n) is 2.62. The molecule has 0 spiro atoms. The molecule has 0 atom stereocenters. The van der Waals surface area contributed by atoms with E-state index in [0.29, 0.717) is 0 Å². The summed E-state index contributed by atoms with van der Waals surface area (Å²) in [6.07, 6.45) is 0.977. The molecule has 0 nitrogen and oxygen atoms in total. The molecule has 0 unspecified atom stereocenters. The fourth-order valence-corrected chi connectivity index (χ4v) is 2.62. The van der Waals surface area contributed by atoms with Gasteiger partial charge < -0.3 is 0 Å². The third-order valence-corrected chi connectivity index (χ3v) is 3.90. The SMILES string of the molecule is Cc1ccc(Cc2ccccc2-c2ccc(C)cc2)cc1. The van der Waals surface area contributed by atoms with E-state index in [9.17, 15) is 0 Å². The minimum Gasteiger partial charge on any atom is -0.0619 e. The van der Waals surface area contributed by atoms with Crippen LogP contribution in [0, 0.1) is 13.8 Å². The average molecular weight is 272 g/mol. The van der Waals surface area contributed by atoms with E-state index in [1.54, 1.807) is 0 Å². The predicted octanol–water partition coefficient (Wildman–Crippen LogP) is 5.56. The largest absolute Gasteiger partial charge is 0.0619 e. The standard InChI is InChI=1S/C21H20/c1-16-7-11-18(12-8-16)15-20-5-3-4-6-21(20)19-13-9-17(2)10-14-19/h3-14H,15H2,1-2H3. The molecule has 0 amide bonds. The maximum absolute atomic E-state index is 2.23. The Labute approximate surface area is 127 Å². The van der Waals surface area contributed by atoms with Gasteiger partial charge in [-0.3, -0.25) is 0 Å². The number of hydrogen-bond donors (Lipinski definition) is 0. The molecule has 3 rings (SSSR count). The Balaban J connectivity index is 1.96. The van der Waals surface area contributed by atoms with Gasteiger partial charge in [0, 0.05) is 0 Å².